The molecule has 2 aromatic carbocycles. The van der Waals surface area contributed by atoms with Gasteiger partial charge in [0.1, 0.15) is 5.82 Å². The van der Waals surface area contributed by atoms with Crippen molar-refractivity contribution in [2.24, 2.45) is 0 Å². The SMILES string of the molecule is CN1CCN(C(=O)c2ccc(CSc3nc(N4CCN(Cc5ccccc5)CC4)cc(C(C)(C)C)n3)cc2)CC1. The number of piperazine rings is 2. The molecule has 0 N–H and O–H groups in total. The smallest absolute Gasteiger partial charge is 0.253 e. The van der Waals surface area contributed by atoms with Crippen molar-refractivity contribution in [3.63, 3.8) is 0 Å². The predicted molar refractivity (Wildman–Crippen MR) is 164 cm³/mol. The Labute approximate surface area is 243 Å². The molecule has 3 heterocycles. The molecular weight excluding hydrogens is 516 g/mol. The first kappa shape index (κ1) is 28.6. The number of amides is 1. The summed E-state index contributed by atoms with van der Waals surface area (Å²) in [5.41, 5.74) is 4.30. The molecular formula is C32H42N6OS. The maximum Gasteiger partial charge on any atom is 0.253 e. The van der Waals surface area contributed by atoms with Crippen molar-refractivity contribution in [3.05, 3.63) is 83.0 Å². The molecule has 1 amide bonds. The second-order valence-corrected chi connectivity index (χ2v) is 12.9. The number of hydrogen-bond acceptors (Lipinski definition) is 7. The van der Waals surface area contributed by atoms with Crippen LogP contribution in [0.3, 0.4) is 0 Å². The molecule has 0 saturated carbocycles. The van der Waals surface area contributed by atoms with E-state index in [0.717, 1.165) is 86.9 Å². The molecule has 0 radical (unpaired) electrons. The molecule has 8 heteroatoms. The Hall–Kier alpha value is -2.94. The third-order valence-electron chi connectivity index (χ3n) is 7.77. The largest absolute Gasteiger partial charge is 0.354 e. The summed E-state index contributed by atoms with van der Waals surface area (Å²) in [6.07, 6.45) is 0. The molecule has 0 bridgehead atoms. The van der Waals surface area contributed by atoms with Gasteiger partial charge in [-0.15, -0.1) is 0 Å². The minimum Gasteiger partial charge on any atom is -0.354 e. The minimum absolute atomic E-state index is 0.0621. The minimum atomic E-state index is -0.0621. The predicted octanol–water partition coefficient (Wildman–Crippen LogP) is 4.78. The number of likely N-dealkylation sites (N-methyl/N-ethyl adjacent to an activating group) is 1. The fourth-order valence-electron chi connectivity index (χ4n) is 5.08. The van der Waals surface area contributed by atoms with Crippen LogP contribution in [-0.2, 0) is 17.7 Å². The summed E-state index contributed by atoms with van der Waals surface area (Å²) in [4.78, 5) is 32.0. The standard InChI is InChI=1S/C32H42N6OS/c1-32(2,3)28-22-29(37-20-16-36(17-21-37)23-25-8-6-5-7-9-25)34-31(33-28)40-24-26-10-12-27(13-11-26)30(39)38-18-14-35(4)15-19-38/h5-13,22H,14-21,23-24H2,1-4H3. The Morgan fingerprint density at radius 3 is 2.15 bits per heavy atom. The van der Waals surface area contributed by atoms with Gasteiger partial charge in [0.15, 0.2) is 5.16 Å². The number of carbonyl (C=O) groups is 1. The molecule has 3 aromatic rings. The lowest BCUT2D eigenvalue weighted by Gasteiger charge is -2.36. The first-order valence-corrected chi connectivity index (χ1v) is 15.3. The average molecular weight is 559 g/mol. The van der Waals surface area contributed by atoms with Crippen LogP contribution in [0.1, 0.15) is 48.0 Å². The normalized spacial score (nSPS) is 17.3. The van der Waals surface area contributed by atoms with E-state index in [1.807, 2.05) is 17.0 Å². The highest BCUT2D eigenvalue weighted by Gasteiger charge is 2.24. The molecule has 0 spiro atoms. The summed E-state index contributed by atoms with van der Waals surface area (Å²) in [6.45, 7) is 15.0. The lowest BCUT2D eigenvalue weighted by Crippen LogP contribution is -2.47. The summed E-state index contributed by atoms with van der Waals surface area (Å²) in [6, 6.07) is 20.9. The number of nitrogens with zero attached hydrogens (tertiary/aromatic N) is 6. The second kappa shape index (κ2) is 12.7. The zero-order chi connectivity index (χ0) is 28.1. The van der Waals surface area contributed by atoms with Crippen LogP contribution in [0.4, 0.5) is 5.82 Å². The Morgan fingerprint density at radius 2 is 1.50 bits per heavy atom. The highest BCUT2D eigenvalue weighted by molar-refractivity contribution is 7.98. The molecule has 40 heavy (non-hydrogen) atoms. The topological polar surface area (TPSA) is 55.8 Å². The second-order valence-electron chi connectivity index (χ2n) is 12.0. The zero-order valence-electron chi connectivity index (χ0n) is 24.3. The van der Waals surface area contributed by atoms with Gasteiger partial charge in [-0.05, 0) is 30.3 Å². The van der Waals surface area contributed by atoms with Crippen molar-refractivity contribution in [1.82, 2.24) is 24.7 Å². The maximum absolute atomic E-state index is 12.9. The molecule has 1 aromatic heterocycles. The number of carbonyl (C=O) groups excluding carboxylic acids is 1. The average Bonchev–Trinajstić information content (AvgIpc) is 2.97. The highest BCUT2D eigenvalue weighted by atomic mass is 32.2. The van der Waals surface area contributed by atoms with E-state index in [9.17, 15) is 4.79 Å². The fraction of sp³-hybridized carbons (Fsp3) is 0.469. The summed E-state index contributed by atoms with van der Waals surface area (Å²) in [5, 5.41) is 0.812. The van der Waals surface area contributed by atoms with Crippen LogP contribution in [0, 0.1) is 0 Å². The van der Waals surface area contributed by atoms with Crippen molar-refractivity contribution >= 4 is 23.5 Å². The van der Waals surface area contributed by atoms with Crippen LogP contribution in [0.15, 0.2) is 65.8 Å². The van der Waals surface area contributed by atoms with Gasteiger partial charge in [-0.3, -0.25) is 9.69 Å². The van der Waals surface area contributed by atoms with Gasteiger partial charge in [0, 0.05) is 81.7 Å². The van der Waals surface area contributed by atoms with Gasteiger partial charge in [0.25, 0.3) is 5.91 Å². The van der Waals surface area contributed by atoms with E-state index in [1.165, 1.54) is 11.1 Å². The number of hydrogen-bond donors (Lipinski definition) is 0. The van der Waals surface area contributed by atoms with Crippen LogP contribution < -0.4 is 4.90 Å². The molecule has 2 aliphatic heterocycles. The monoisotopic (exact) mass is 558 g/mol. The summed E-state index contributed by atoms with van der Waals surface area (Å²) in [5.74, 6) is 1.91. The van der Waals surface area contributed by atoms with E-state index in [4.69, 9.17) is 9.97 Å². The van der Waals surface area contributed by atoms with Gasteiger partial charge in [0.05, 0.1) is 5.69 Å². The third kappa shape index (κ3) is 7.42. The summed E-state index contributed by atoms with van der Waals surface area (Å²) >= 11 is 1.67. The van der Waals surface area contributed by atoms with Crippen LogP contribution in [0.25, 0.3) is 0 Å². The Balaban J connectivity index is 1.22. The van der Waals surface area contributed by atoms with Gasteiger partial charge >= 0.3 is 0 Å². The maximum atomic E-state index is 12.9. The number of rotatable bonds is 7. The lowest BCUT2D eigenvalue weighted by atomic mass is 9.92. The first-order valence-electron chi connectivity index (χ1n) is 14.3. The van der Waals surface area contributed by atoms with E-state index in [-0.39, 0.29) is 11.3 Å². The van der Waals surface area contributed by atoms with E-state index in [1.54, 1.807) is 11.8 Å². The van der Waals surface area contributed by atoms with Gasteiger partial charge in [0.2, 0.25) is 0 Å². The van der Waals surface area contributed by atoms with Crippen molar-refractivity contribution in [2.75, 3.05) is 64.3 Å². The van der Waals surface area contributed by atoms with Crippen molar-refractivity contribution in [2.45, 2.75) is 43.6 Å². The Bertz CT molecular complexity index is 1260. The van der Waals surface area contributed by atoms with Crippen LogP contribution in [-0.4, -0.2) is 90.0 Å². The quantitative estimate of drug-likeness (QED) is 0.306. The molecule has 2 aliphatic rings. The fourth-order valence-corrected chi connectivity index (χ4v) is 5.89. The molecule has 0 aliphatic carbocycles. The van der Waals surface area contributed by atoms with Crippen LogP contribution in [0.2, 0.25) is 0 Å². The zero-order valence-corrected chi connectivity index (χ0v) is 25.2. The molecule has 5 rings (SSSR count). The molecule has 7 nitrogen and oxygen atoms in total. The van der Waals surface area contributed by atoms with Gasteiger partial charge in [-0.1, -0.05) is 75.0 Å². The van der Waals surface area contributed by atoms with Crippen molar-refractivity contribution in [1.29, 1.82) is 0 Å². The Morgan fingerprint density at radius 1 is 0.825 bits per heavy atom. The first-order chi connectivity index (χ1) is 19.2. The number of thioether (sulfide) groups is 1. The summed E-state index contributed by atoms with van der Waals surface area (Å²) in [7, 11) is 2.10. The van der Waals surface area contributed by atoms with E-state index < -0.39 is 0 Å². The van der Waals surface area contributed by atoms with E-state index in [0.29, 0.717) is 0 Å². The third-order valence-corrected chi connectivity index (χ3v) is 8.68. The number of aromatic nitrogens is 2. The molecule has 2 saturated heterocycles. The van der Waals surface area contributed by atoms with Gasteiger partial charge in [-0.25, -0.2) is 9.97 Å². The van der Waals surface area contributed by atoms with Crippen LogP contribution >= 0.6 is 11.8 Å². The van der Waals surface area contributed by atoms with Crippen molar-refractivity contribution in [3.8, 4) is 0 Å². The summed E-state index contributed by atoms with van der Waals surface area (Å²) < 4.78 is 0. The molecule has 212 valence electrons. The van der Waals surface area contributed by atoms with E-state index >= 15 is 0 Å². The molecule has 0 unspecified atom stereocenters. The molecule has 2 fully saturated rings. The van der Waals surface area contributed by atoms with Crippen molar-refractivity contribution < 1.29 is 4.79 Å². The molecule has 0 atom stereocenters. The van der Waals surface area contributed by atoms with Gasteiger partial charge < -0.3 is 14.7 Å². The lowest BCUT2D eigenvalue weighted by molar-refractivity contribution is 0.0664. The Kier molecular flexibility index (Phi) is 9.08. The van der Waals surface area contributed by atoms with Gasteiger partial charge in [-0.2, -0.15) is 0 Å². The highest BCUT2D eigenvalue weighted by Crippen LogP contribution is 2.29. The number of benzene rings is 2. The number of anilines is 1. The van der Waals surface area contributed by atoms with E-state index in [2.05, 4.69) is 91.0 Å². The van der Waals surface area contributed by atoms with Crippen LogP contribution in [0.5, 0.6) is 0 Å².